The first kappa shape index (κ1) is 40.3. The number of fused-ring (bicyclic) bond motifs is 7. The summed E-state index contributed by atoms with van der Waals surface area (Å²) in [6.07, 6.45) is 0. The first-order chi connectivity index (χ1) is 27.9. The zero-order chi connectivity index (χ0) is 43.2. The number of ether oxygens (including phenoxy) is 2. The molecule has 5 aromatic carbocycles. The van der Waals surface area contributed by atoms with E-state index in [0.717, 1.165) is 45.0 Å². The number of aryl methyl sites for hydroxylation is 4. The SMILES string of the molecule is Cc1cc(C(C)(C)C)cc(C)c1N1c2cc3c(cc2B2c4oc5ccc(C(C)(C)C)cc5c4N(c4c(C)cc(C(C)(C)C)cc4C)c4cc(C(C)(C)C)cc1c42)OCCO3. The van der Waals surface area contributed by atoms with Gasteiger partial charge in [0, 0.05) is 28.5 Å². The van der Waals surface area contributed by atoms with E-state index in [9.17, 15) is 0 Å². The Morgan fingerprint density at radius 1 is 0.467 bits per heavy atom. The molecule has 0 radical (unpaired) electrons. The highest BCUT2D eigenvalue weighted by molar-refractivity contribution is 7.00. The van der Waals surface area contributed by atoms with E-state index < -0.39 is 0 Å². The van der Waals surface area contributed by atoms with Crippen LogP contribution in [0.15, 0.2) is 71.1 Å². The predicted octanol–water partition coefficient (Wildman–Crippen LogP) is 12.7. The van der Waals surface area contributed by atoms with Gasteiger partial charge in [0.15, 0.2) is 11.5 Å². The summed E-state index contributed by atoms with van der Waals surface area (Å²) in [7, 11) is 0. The molecular formula is C54H63BN2O3. The molecule has 0 aliphatic carbocycles. The van der Waals surface area contributed by atoms with Crippen molar-refractivity contribution in [3.05, 3.63) is 111 Å². The number of benzene rings is 5. The number of anilines is 6. The van der Waals surface area contributed by atoms with Gasteiger partial charge in [-0.1, -0.05) is 113 Å². The van der Waals surface area contributed by atoms with Crippen LogP contribution in [0.25, 0.3) is 11.0 Å². The van der Waals surface area contributed by atoms with Gasteiger partial charge in [0.1, 0.15) is 18.8 Å². The largest absolute Gasteiger partial charge is 0.486 e. The Morgan fingerprint density at radius 3 is 1.42 bits per heavy atom. The highest BCUT2D eigenvalue weighted by Gasteiger charge is 2.49. The molecule has 1 aromatic heterocycles. The van der Waals surface area contributed by atoms with Crippen molar-refractivity contribution in [2.24, 2.45) is 0 Å². The van der Waals surface area contributed by atoms with Gasteiger partial charge in [0.25, 0.3) is 6.71 Å². The normalized spacial score (nSPS) is 15.0. The molecule has 3 aliphatic heterocycles. The summed E-state index contributed by atoms with van der Waals surface area (Å²) in [5.41, 5.74) is 21.3. The van der Waals surface area contributed by atoms with Crippen LogP contribution in [-0.2, 0) is 21.7 Å². The molecule has 3 aliphatic rings. The number of hydrogen-bond acceptors (Lipinski definition) is 5. The van der Waals surface area contributed by atoms with Crippen LogP contribution >= 0.6 is 0 Å². The zero-order valence-electron chi connectivity index (χ0n) is 39.0. The number of nitrogens with zero attached hydrogens (tertiary/aromatic N) is 2. The summed E-state index contributed by atoms with van der Waals surface area (Å²) in [4.78, 5) is 5.13. The molecule has 60 heavy (non-hydrogen) atoms. The molecular weight excluding hydrogens is 735 g/mol. The minimum atomic E-state index is -0.202. The van der Waals surface area contributed by atoms with Crippen molar-refractivity contribution in [3.63, 3.8) is 0 Å². The maximum atomic E-state index is 7.32. The van der Waals surface area contributed by atoms with E-state index in [1.807, 2.05) is 0 Å². The molecule has 5 nitrogen and oxygen atoms in total. The monoisotopic (exact) mass is 798 g/mol. The molecule has 0 saturated carbocycles. The topological polar surface area (TPSA) is 38.1 Å². The van der Waals surface area contributed by atoms with Crippen molar-refractivity contribution >= 4 is 68.4 Å². The van der Waals surface area contributed by atoms with Crippen molar-refractivity contribution in [2.45, 2.75) is 132 Å². The highest BCUT2D eigenvalue weighted by atomic mass is 16.6. The van der Waals surface area contributed by atoms with Crippen LogP contribution in [0.3, 0.4) is 0 Å². The summed E-state index contributed by atoms with van der Waals surface area (Å²) in [5, 5.41) is 1.13. The lowest BCUT2D eigenvalue weighted by Crippen LogP contribution is -2.61. The molecule has 310 valence electrons. The second kappa shape index (κ2) is 13.2. The Bertz CT molecular complexity index is 2720. The van der Waals surface area contributed by atoms with Crippen molar-refractivity contribution in [2.75, 3.05) is 23.0 Å². The Labute approximate surface area is 359 Å². The summed E-state index contributed by atoms with van der Waals surface area (Å²) in [6, 6.07) is 25.9. The highest BCUT2D eigenvalue weighted by Crippen LogP contribution is 2.52. The van der Waals surface area contributed by atoms with E-state index in [1.54, 1.807) is 0 Å². The van der Waals surface area contributed by atoms with E-state index in [-0.39, 0.29) is 28.4 Å². The Hall–Kier alpha value is -5.10. The fraction of sp³-hybridized carbons (Fsp3) is 0.407. The lowest BCUT2D eigenvalue weighted by molar-refractivity contribution is 0.172. The van der Waals surface area contributed by atoms with E-state index in [2.05, 4.69) is 187 Å². The summed E-state index contributed by atoms with van der Waals surface area (Å²) >= 11 is 0. The lowest BCUT2D eigenvalue weighted by atomic mass is 9.35. The molecule has 6 heteroatoms. The van der Waals surface area contributed by atoms with E-state index >= 15 is 0 Å². The predicted molar refractivity (Wildman–Crippen MR) is 255 cm³/mol. The van der Waals surface area contributed by atoms with Gasteiger partial charge >= 0.3 is 0 Å². The Kier molecular flexibility index (Phi) is 8.87. The van der Waals surface area contributed by atoms with E-state index in [1.165, 1.54) is 72.7 Å². The van der Waals surface area contributed by atoms with E-state index in [4.69, 9.17) is 13.9 Å². The quantitative estimate of drug-likeness (QED) is 0.163. The molecule has 0 unspecified atom stereocenters. The van der Waals surface area contributed by atoms with Gasteiger partial charge in [-0.05, 0) is 135 Å². The van der Waals surface area contributed by atoms with Crippen molar-refractivity contribution in [1.29, 1.82) is 0 Å². The number of furan rings is 1. The molecule has 0 bridgehead atoms. The molecule has 4 heterocycles. The maximum Gasteiger partial charge on any atom is 0.297 e. The van der Waals surface area contributed by atoms with Gasteiger partial charge < -0.3 is 23.7 Å². The van der Waals surface area contributed by atoms with Gasteiger partial charge in [-0.2, -0.15) is 0 Å². The van der Waals surface area contributed by atoms with Crippen molar-refractivity contribution < 1.29 is 13.9 Å². The van der Waals surface area contributed by atoms with Crippen LogP contribution < -0.4 is 35.9 Å². The first-order valence-electron chi connectivity index (χ1n) is 22.0. The lowest BCUT2D eigenvalue weighted by Gasteiger charge is -2.45. The molecule has 9 rings (SSSR count). The Morgan fingerprint density at radius 2 is 0.917 bits per heavy atom. The van der Waals surface area contributed by atoms with E-state index in [0.29, 0.717) is 13.2 Å². The van der Waals surface area contributed by atoms with Crippen molar-refractivity contribution in [1.82, 2.24) is 0 Å². The summed E-state index contributed by atoms with van der Waals surface area (Å²) in [5.74, 6) is 1.57. The molecule has 6 aromatic rings. The summed E-state index contributed by atoms with van der Waals surface area (Å²) < 4.78 is 20.1. The molecule has 0 saturated heterocycles. The van der Waals surface area contributed by atoms with Crippen LogP contribution in [0, 0.1) is 27.7 Å². The van der Waals surface area contributed by atoms with Crippen LogP contribution in [0.1, 0.15) is 128 Å². The first-order valence-corrected chi connectivity index (χ1v) is 22.0. The second-order valence-corrected chi connectivity index (χ2v) is 22.0. The third-order valence-electron chi connectivity index (χ3n) is 13.2. The second-order valence-electron chi connectivity index (χ2n) is 22.0. The third kappa shape index (κ3) is 6.26. The number of rotatable bonds is 2. The van der Waals surface area contributed by atoms with Gasteiger partial charge in [-0.3, -0.25) is 0 Å². The van der Waals surface area contributed by atoms with Gasteiger partial charge in [-0.25, -0.2) is 0 Å². The molecule has 0 atom stereocenters. The zero-order valence-corrected chi connectivity index (χ0v) is 39.0. The average Bonchev–Trinajstić information content (AvgIpc) is 3.52. The maximum absolute atomic E-state index is 7.32. The van der Waals surface area contributed by atoms with Gasteiger partial charge in [0.2, 0.25) is 0 Å². The van der Waals surface area contributed by atoms with Crippen LogP contribution in [0.2, 0.25) is 0 Å². The fourth-order valence-electron chi connectivity index (χ4n) is 9.87. The van der Waals surface area contributed by atoms with Gasteiger partial charge in [0.05, 0.1) is 22.7 Å². The summed E-state index contributed by atoms with van der Waals surface area (Å²) in [6.45, 7) is 37.7. The minimum Gasteiger partial charge on any atom is -0.486 e. The van der Waals surface area contributed by atoms with Crippen molar-refractivity contribution in [3.8, 4) is 11.5 Å². The van der Waals surface area contributed by atoms with Crippen LogP contribution in [-0.4, -0.2) is 19.9 Å². The Balaban J connectivity index is 1.46. The molecule has 0 spiro atoms. The average molecular weight is 799 g/mol. The smallest absolute Gasteiger partial charge is 0.297 e. The van der Waals surface area contributed by atoms with Crippen LogP contribution in [0.5, 0.6) is 11.5 Å². The third-order valence-corrected chi connectivity index (χ3v) is 13.2. The van der Waals surface area contributed by atoms with Gasteiger partial charge in [-0.15, -0.1) is 0 Å². The molecule has 0 fully saturated rings. The molecule has 0 amide bonds. The van der Waals surface area contributed by atoms with Crippen LogP contribution in [0.4, 0.5) is 34.1 Å². The molecule has 0 N–H and O–H groups in total. The minimum absolute atomic E-state index is 0.00879. The number of hydrogen-bond donors (Lipinski definition) is 0. The standard InChI is InChI=1S/C54H63BN2O3/c1-30-21-35(52(8,9)10)22-31(2)47(30)56-40-29-45-44(58-19-20-59-45)28-39(40)55-46-41(56)26-37(54(14,15)16)27-42(46)57(48-32(3)23-36(24-33(48)4)53(11,12)13)49-38-25-34(51(5,6)7)17-18-43(38)60-50(49)55/h17-18,21-29H,19-20H2,1-16H3. The fourth-order valence-corrected chi connectivity index (χ4v) is 9.87.